The number of carbonyl (C=O) groups excluding carboxylic acids is 1. The number of hydrogen-bond donors (Lipinski definition) is 3. The van der Waals surface area contributed by atoms with Crippen molar-refractivity contribution < 1.29 is 9.90 Å². The average Bonchev–Trinajstić information content (AvgIpc) is 2.61. The van der Waals surface area contributed by atoms with Crippen LogP contribution < -0.4 is 5.32 Å². The van der Waals surface area contributed by atoms with Crippen molar-refractivity contribution in [1.29, 1.82) is 0 Å². The van der Waals surface area contributed by atoms with Gasteiger partial charge in [0.1, 0.15) is 0 Å². The van der Waals surface area contributed by atoms with Crippen LogP contribution in [0.15, 0.2) is 6.20 Å². The summed E-state index contributed by atoms with van der Waals surface area (Å²) >= 11 is 0. The number of aromatic amines is 1. The summed E-state index contributed by atoms with van der Waals surface area (Å²) in [6.07, 6.45) is 3.03. The highest BCUT2D eigenvalue weighted by molar-refractivity contribution is 5.94. The first-order valence-corrected chi connectivity index (χ1v) is 5.47. The summed E-state index contributed by atoms with van der Waals surface area (Å²) in [4.78, 5) is 11.7. The number of carbonyl (C=O) groups is 1. The van der Waals surface area contributed by atoms with Crippen LogP contribution in [0.1, 0.15) is 42.7 Å². The van der Waals surface area contributed by atoms with Crippen molar-refractivity contribution in [2.45, 2.75) is 39.2 Å². The predicted molar refractivity (Wildman–Crippen MR) is 61.2 cm³/mol. The van der Waals surface area contributed by atoms with Gasteiger partial charge in [0, 0.05) is 12.2 Å². The zero-order valence-corrected chi connectivity index (χ0v) is 10.0. The quantitative estimate of drug-likeness (QED) is 0.699. The fraction of sp³-hybridized carbons (Fsp3) is 0.636. The van der Waals surface area contributed by atoms with E-state index < -0.39 is 5.60 Å². The van der Waals surface area contributed by atoms with E-state index in [1.807, 2.05) is 6.92 Å². The van der Waals surface area contributed by atoms with Gasteiger partial charge in [0.2, 0.25) is 0 Å². The standard InChI is InChI=1S/C11H19N3O2/c1-4-5-11(3,16)7-12-10(15)9-6-13-14-8(9)2/h6,16H,4-5,7H2,1-3H3,(H,12,15)(H,13,14). The number of aryl methyl sites for hydroxylation is 1. The van der Waals surface area contributed by atoms with Gasteiger partial charge in [0.15, 0.2) is 0 Å². The van der Waals surface area contributed by atoms with E-state index in [0.717, 1.165) is 12.1 Å². The van der Waals surface area contributed by atoms with E-state index in [2.05, 4.69) is 15.5 Å². The van der Waals surface area contributed by atoms with E-state index in [9.17, 15) is 9.90 Å². The number of amides is 1. The van der Waals surface area contributed by atoms with Gasteiger partial charge < -0.3 is 10.4 Å². The lowest BCUT2D eigenvalue weighted by atomic mass is 10.0. The lowest BCUT2D eigenvalue weighted by Crippen LogP contribution is -2.40. The van der Waals surface area contributed by atoms with Gasteiger partial charge in [-0.3, -0.25) is 9.89 Å². The van der Waals surface area contributed by atoms with Crippen LogP contribution in [0, 0.1) is 6.92 Å². The lowest BCUT2D eigenvalue weighted by Gasteiger charge is -2.22. The summed E-state index contributed by atoms with van der Waals surface area (Å²) in [7, 11) is 0. The van der Waals surface area contributed by atoms with Crippen LogP contribution in [-0.2, 0) is 0 Å². The Kier molecular flexibility index (Phi) is 4.06. The zero-order chi connectivity index (χ0) is 12.2. The fourth-order valence-electron chi connectivity index (χ4n) is 1.57. The predicted octanol–water partition coefficient (Wildman–Crippen LogP) is 0.999. The molecule has 1 aromatic rings. The largest absolute Gasteiger partial charge is 0.388 e. The second-order valence-corrected chi connectivity index (χ2v) is 4.34. The first-order chi connectivity index (χ1) is 7.46. The van der Waals surface area contributed by atoms with Crippen molar-refractivity contribution in [3.05, 3.63) is 17.5 Å². The molecule has 1 amide bonds. The lowest BCUT2D eigenvalue weighted by molar-refractivity contribution is 0.0469. The van der Waals surface area contributed by atoms with Gasteiger partial charge in [-0.25, -0.2) is 0 Å². The van der Waals surface area contributed by atoms with Crippen molar-refractivity contribution in [3.63, 3.8) is 0 Å². The Labute approximate surface area is 95.3 Å². The molecule has 1 unspecified atom stereocenters. The highest BCUT2D eigenvalue weighted by Crippen LogP contribution is 2.10. The number of rotatable bonds is 5. The van der Waals surface area contributed by atoms with Crippen LogP contribution >= 0.6 is 0 Å². The number of aromatic nitrogens is 2. The smallest absolute Gasteiger partial charge is 0.254 e. The normalized spacial score (nSPS) is 14.5. The maximum atomic E-state index is 11.7. The molecule has 0 saturated heterocycles. The molecule has 90 valence electrons. The zero-order valence-electron chi connectivity index (χ0n) is 10.0. The van der Waals surface area contributed by atoms with Crippen molar-refractivity contribution in [2.75, 3.05) is 6.54 Å². The molecule has 0 aliphatic rings. The molecule has 0 spiro atoms. The molecule has 0 aliphatic carbocycles. The maximum absolute atomic E-state index is 11.7. The van der Waals surface area contributed by atoms with Gasteiger partial charge in [-0.2, -0.15) is 5.10 Å². The Morgan fingerprint density at radius 2 is 2.38 bits per heavy atom. The Balaban J connectivity index is 2.51. The molecule has 0 radical (unpaired) electrons. The highest BCUT2D eigenvalue weighted by atomic mass is 16.3. The molecule has 5 nitrogen and oxygen atoms in total. The van der Waals surface area contributed by atoms with E-state index in [-0.39, 0.29) is 12.5 Å². The number of aliphatic hydroxyl groups is 1. The second-order valence-electron chi connectivity index (χ2n) is 4.34. The summed E-state index contributed by atoms with van der Waals surface area (Å²) in [5.41, 5.74) is 0.405. The van der Waals surface area contributed by atoms with Gasteiger partial charge in [0.05, 0.1) is 17.4 Å². The minimum Gasteiger partial charge on any atom is -0.388 e. The van der Waals surface area contributed by atoms with Crippen LogP contribution in [0.3, 0.4) is 0 Å². The SMILES string of the molecule is CCCC(C)(O)CNC(=O)c1cn[nH]c1C. The molecule has 3 N–H and O–H groups in total. The molecular formula is C11H19N3O2. The Morgan fingerprint density at radius 1 is 1.69 bits per heavy atom. The molecule has 0 aliphatic heterocycles. The Hall–Kier alpha value is -1.36. The minimum atomic E-state index is -0.845. The van der Waals surface area contributed by atoms with E-state index in [0.29, 0.717) is 12.0 Å². The number of nitrogens with one attached hydrogen (secondary N) is 2. The molecule has 1 atom stereocenters. The van der Waals surface area contributed by atoms with Gasteiger partial charge in [-0.15, -0.1) is 0 Å². The molecular weight excluding hydrogens is 206 g/mol. The Bertz CT molecular complexity index is 358. The molecule has 1 aromatic heterocycles. The first kappa shape index (κ1) is 12.7. The van der Waals surface area contributed by atoms with Gasteiger partial charge >= 0.3 is 0 Å². The summed E-state index contributed by atoms with van der Waals surface area (Å²) < 4.78 is 0. The first-order valence-electron chi connectivity index (χ1n) is 5.47. The second kappa shape index (κ2) is 5.12. The van der Waals surface area contributed by atoms with E-state index in [4.69, 9.17) is 0 Å². The number of hydrogen-bond acceptors (Lipinski definition) is 3. The Morgan fingerprint density at radius 3 is 2.88 bits per heavy atom. The topological polar surface area (TPSA) is 78.0 Å². The van der Waals surface area contributed by atoms with E-state index >= 15 is 0 Å². The van der Waals surface area contributed by atoms with Crippen molar-refractivity contribution in [2.24, 2.45) is 0 Å². The van der Waals surface area contributed by atoms with Crippen molar-refractivity contribution in [3.8, 4) is 0 Å². The summed E-state index contributed by atoms with van der Waals surface area (Å²) in [6.45, 7) is 5.76. The summed E-state index contributed by atoms with van der Waals surface area (Å²) in [5.74, 6) is -0.206. The number of H-pyrrole nitrogens is 1. The van der Waals surface area contributed by atoms with Gasteiger partial charge in [-0.1, -0.05) is 13.3 Å². The number of nitrogens with zero attached hydrogens (tertiary/aromatic N) is 1. The monoisotopic (exact) mass is 225 g/mol. The molecule has 16 heavy (non-hydrogen) atoms. The van der Waals surface area contributed by atoms with Crippen LogP contribution in [0.25, 0.3) is 0 Å². The highest BCUT2D eigenvalue weighted by Gasteiger charge is 2.21. The maximum Gasteiger partial charge on any atom is 0.254 e. The summed E-state index contributed by atoms with van der Waals surface area (Å²) in [6, 6.07) is 0. The molecule has 1 rings (SSSR count). The van der Waals surface area contributed by atoms with Gasteiger partial charge in [-0.05, 0) is 20.3 Å². The van der Waals surface area contributed by atoms with Gasteiger partial charge in [0.25, 0.3) is 5.91 Å². The van der Waals surface area contributed by atoms with Crippen LogP contribution in [-0.4, -0.2) is 33.4 Å². The van der Waals surface area contributed by atoms with E-state index in [1.54, 1.807) is 13.8 Å². The van der Waals surface area contributed by atoms with Crippen molar-refractivity contribution >= 4 is 5.91 Å². The third-order valence-electron chi connectivity index (χ3n) is 2.49. The fourth-order valence-corrected chi connectivity index (χ4v) is 1.57. The van der Waals surface area contributed by atoms with E-state index in [1.165, 1.54) is 6.20 Å². The third kappa shape index (κ3) is 3.34. The minimum absolute atomic E-state index is 0.206. The molecule has 0 aromatic carbocycles. The molecule has 0 bridgehead atoms. The van der Waals surface area contributed by atoms with Crippen LogP contribution in [0.2, 0.25) is 0 Å². The average molecular weight is 225 g/mol. The molecule has 0 fully saturated rings. The third-order valence-corrected chi connectivity index (χ3v) is 2.49. The van der Waals surface area contributed by atoms with Crippen LogP contribution in [0.4, 0.5) is 0 Å². The van der Waals surface area contributed by atoms with Crippen LogP contribution in [0.5, 0.6) is 0 Å². The summed E-state index contributed by atoms with van der Waals surface area (Å²) in [5, 5.41) is 19.1. The van der Waals surface area contributed by atoms with Crippen molar-refractivity contribution in [1.82, 2.24) is 15.5 Å². The molecule has 0 saturated carbocycles. The molecule has 5 heteroatoms. The molecule has 1 heterocycles.